The molecule has 1 aliphatic heterocycles. The maximum Gasteiger partial charge on any atom is 0.127 e. The molecule has 0 aliphatic carbocycles. The number of nitrogens with zero attached hydrogens (tertiary/aromatic N) is 1. The van der Waals surface area contributed by atoms with Crippen molar-refractivity contribution in [1.29, 1.82) is 0 Å². The molecule has 0 spiro atoms. The summed E-state index contributed by atoms with van der Waals surface area (Å²) in [6, 6.07) is 23.0. The quantitative estimate of drug-likeness (QED) is 0.656. The van der Waals surface area contributed by atoms with Crippen LogP contribution >= 0.6 is 0 Å². The summed E-state index contributed by atoms with van der Waals surface area (Å²) < 4.78 is 11.9. The van der Waals surface area contributed by atoms with Gasteiger partial charge in [0.15, 0.2) is 0 Å². The number of methoxy groups -OCH3 is 1. The average Bonchev–Trinajstić information content (AvgIpc) is 2.70. The van der Waals surface area contributed by atoms with Gasteiger partial charge in [-0.3, -0.25) is 4.90 Å². The number of hydrogen-bond donors (Lipinski definition) is 0. The van der Waals surface area contributed by atoms with Crippen LogP contribution in [0.4, 0.5) is 0 Å². The van der Waals surface area contributed by atoms with E-state index < -0.39 is 0 Å². The van der Waals surface area contributed by atoms with Gasteiger partial charge in [-0.2, -0.15) is 0 Å². The minimum Gasteiger partial charge on any atom is -0.496 e. The number of likely N-dealkylation sites (tertiary alicyclic amines) is 1. The molecule has 0 atom stereocenters. The second-order valence-electron chi connectivity index (χ2n) is 6.89. The molecule has 0 aromatic heterocycles. The number of hydrogen-bond acceptors (Lipinski definition) is 3. The van der Waals surface area contributed by atoms with Crippen molar-refractivity contribution in [2.75, 3.05) is 20.2 Å². The van der Waals surface area contributed by atoms with Crippen LogP contribution in [0, 0.1) is 0 Å². The molecule has 3 aromatic rings. The summed E-state index contributed by atoms with van der Waals surface area (Å²) in [6.45, 7) is 3.18. The predicted molar refractivity (Wildman–Crippen MR) is 106 cm³/mol. The summed E-state index contributed by atoms with van der Waals surface area (Å²) in [5, 5.41) is 2.23. The molecule has 0 bridgehead atoms. The highest BCUT2D eigenvalue weighted by Gasteiger charge is 2.21. The lowest BCUT2D eigenvalue weighted by Gasteiger charge is -2.32. The van der Waals surface area contributed by atoms with E-state index in [9.17, 15) is 0 Å². The molecular weight excluding hydrogens is 322 g/mol. The van der Waals surface area contributed by atoms with Crippen LogP contribution < -0.4 is 9.47 Å². The second kappa shape index (κ2) is 7.79. The van der Waals surface area contributed by atoms with Crippen LogP contribution in [-0.2, 0) is 6.54 Å². The van der Waals surface area contributed by atoms with E-state index in [0.29, 0.717) is 0 Å². The zero-order valence-electron chi connectivity index (χ0n) is 15.2. The fraction of sp³-hybridized carbons (Fsp3) is 0.304. The highest BCUT2D eigenvalue weighted by molar-refractivity contribution is 5.93. The molecule has 134 valence electrons. The Kier molecular flexibility index (Phi) is 5.07. The largest absolute Gasteiger partial charge is 0.496 e. The van der Waals surface area contributed by atoms with E-state index in [1.807, 2.05) is 18.2 Å². The van der Waals surface area contributed by atoms with Gasteiger partial charge in [0.25, 0.3) is 0 Å². The molecule has 0 radical (unpaired) electrons. The Balaban J connectivity index is 1.41. The van der Waals surface area contributed by atoms with Gasteiger partial charge in [-0.1, -0.05) is 54.6 Å². The molecular formula is C23H25NO2. The first-order valence-corrected chi connectivity index (χ1v) is 9.32. The first kappa shape index (κ1) is 16.9. The van der Waals surface area contributed by atoms with Crippen LogP contribution in [0.3, 0.4) is 0 Å². The van der Waals surface area contributed by atoms with E-state index in [0.717, 1.165) is 54.7 Å². The Morgan fingerprint density at radius 3 is 2.15 bits per heavy atom. The van der Waals surface area contributed by atoms with E-state index in [-0.39, 0.29) is 6.10 Å². The van der Waals surface area contributed by atoms with Crippen LogP contribution in [0.1, 0.15) is 18.4 Å². The van der Waals surface area contributed by atoms with Crippen molar-refractivity contribution in [3.05, 3.63) is 72.3 Å². The Morgan fingerprint density at radius 1 is 0.808 bits per heavy atom. The molecule has 0 amide bonds. The number of rotatable bonds is 5. The van der Waals surface area contributed by atoms with Crippen LogP contribution in [0.5, 0.6) is 11.5 Å². The molecule has 0 N–H and O–H groups in total. The van der Waals surface area contributed by atoms with Crippen molar-refractivity contribution >= 4 is 10.8 Å². The summed E-state index contributed by atoms with van der Waals surface area (Å²) in [6.07, 6.45) is 2.40. The zero-order valence-corrected chi connectivity index (χ0v) is 15.2. The highest BCUT2D eigenvalue weighted by Crippen LogP contribution is 2.33. The Labute approximate surface area is 155 Å². The monoisotopic (exact) mass is 347 g/mol. The normalized spacial score (nSPS) is 15.9. The predicted octanol–water partition coefficient (Wildman–Crippen LogP) is 4.89. The third-order valence-corrected chi connectivity index (χ3v) is 5.14. The average molecular weight is 347 g/mol. The lowest BCUT2D eigenvalue weighted by atomic mass is 10.1. The van der Waals surface area contributed by atoms with E-state index >= 15 is 0 Å². The van der Waals surface area contributed by atoms with Crippen molar-refractivity contribution in [2.24, 2.45) is 0 Å². The van der Waals surface area contributed by atoms with Crippen molar-refractivity contribution in [1.82, 2.24) is 4.90 Å². The first-order valence-electron chi connectivity index (χ1n) is 9.32. The van der Waals surface area contributed by atoms with Gasteiger partial charge in [-0.05, 0) is 30.5 Å². The summed E-state index contributed by atoms with van der Waals surface area (Å²) in [4.78, 5) is 2.52. The standard InChI is InChI=1S/C23H25NO2/c1-25-22-11-5-10-21-20(22)9-6-12-23(21)26-19-13-15-24(16-14-19)17-18-7-3-2-4-8-18/h2-12,19H,13-17H2,1H3. The van der Waals surface area contributed by atoms with E-state index in [1.54, 1.807) is 7.11 Å². The lowest BCUT2D eigenvalue weighted by Crippen LogP contribution is -2.37. The van der Waals surface area contributed by atoms with Crippen LogP contribution in [0.15, 0.2) is 66.7 Å². The number of piperidine rings is 1. The topological polar surface area (TPSA) is 21.7 Å². The van der Waals surface area contributed by atoms with Gasteiger partial charge >= 0.3 is 0 Å². The van der Waals surface area contributed by atoms with Crippen molar-refractivity contribution < 1.29 is 9.47 Å². The molecule has 3 heteroatoms. The third-order valence-electron chi connectivity index (χ3n) is 5.14. The second-order valence-corrected chi connectivity index (χ2v) is 6.89. The molecule has 1 heterocycles. The fourth-order valence-corrected chi connectivity index (χ4v) is 3.74. The molecule has 3 nitrogen and oxygen atoms in total. The molecule has 4 rings (SSSR count). The van der Waals surface area contributed by atoms with Gasteiger partial charge in [0.2, 0.25) is 0 Å². The lowest BCUT2D eigenvalue weighted by molar-refractivity contribution is 0.0980. The number of benzene rings is 3. The van der Waals surface area contributed by atoms with Gasteiger partial charge in [-0.15, -0.1) is 0 Å². The molecule has 0 saturated carbocycles. The van der Waals surface area contributed by atoms with E-state index in [1.165, 1.54) is 5.56 Å². The van der Waals surface area contributed by atoms with Crippen molar-refractivity contribution in [2.45, 2.75) is 25.5 Å². The van der Waals surface area contributed by atoms with Crippen LogP contribution in [-0.4, -0.2) is 31.2 Å². The summed E-state index contributed by atoms with van der Waals surface area (Å²) in [7, 11) is 1.71. The molecule has 3 aromatic carbocycles. The smallest absolute Gasteiger partial charge is 0.127 e. The Bertz CT molecular complexity index is 854. The maximum atomic E-state index is 6.38. The van der Waals surface area contributed by atoms with E-state index in [2.05, 4.69) is 53.4 Å². The molecule has 0 unspecified atom stereocenters. The van der Waals surface area contributed by atoms with Gasteiger partial charge < -0.3 is 9.47 Å². The van der Waals surface area contributed by atoms with Crippen molar-refractivity contribution in [3.63, 3.8) is 0 Å². The van der Waals surface area contributed by atoms with Crippen LogP contribution in [0.2, 0.25) is 0 Å². The van der Waals surface area contributed by atoms with E-state index in [4.69, 9.17) is 9.47 Å². The molecule has 26 heavy (non-hydrogen) atoms. The molecule has 1 saturated heterocycles. The maximum absolute atomic E-state index is 6.38. The Hall–Kier alpha value is -2.52. The van der Waals surface area contributed by atoms with Crippen molar-refractivity contribution in [3.8, 4) is 11.5 Å². The third kappa shape index (κ3) is 3.68. The van der Waals surface area contributed by atoms with Gasteiger partial charge in [0.05, 0.1) is 7.11 Å². The fourth-order valence-electron chi connectivity index (χ4n) is 3.74. The van der Waals surface area contributed by atoms with Gasteiger partial charge in [-0.25, -0.2) is 0 Å². The number of fused-ring (bicyclic) bond motifs is 1. The summed E-state index contributed by atoms with van der Waals surface area (Å²) in [5.74, 6) is 1.86. The Morgan fingerprint density at radius 2 is 1.46 bits per heavy atom. The van der Waals surface area contributed by atoms with Gasteiger partial charge in [0, 0.05) is 30.4 Å². The number of ether oxygens (including phenoxy) is 2. The summed E-state index contributed by atoms with van der Waals surface area (Å²) in [5.41, 5.74) is 1.38. The molecule has 1 aliphatic rings. The minimum atomic E-state index is 0.277. The first-order chi connectivity index (χ1) is 12.8. The zero-order chi connectivity index (χ0) is 17.8. The SMILES string of the molecule is COc1cccc2c(OC3CCN(Cc4ccccc4)CC3)cccc12. The highest BCUT2D eigenvalue weighted by atomic mass is 16.5. The molecule has 1 fully saturated rings. The van der Waals surface area contributed by atoms with Crippen LogP contribution in [0.25, 0.3) is 10.8 Å². The van der Waals surface area contributed by atoms with Gasteiger partial charge in [0.1, 0.15) is 17.6 Å². The minimum absolute atomic E-state index is 0.277. The summed E-state index contributed by atoms with van der Waals surface area (Å²) >= 11 is 0.